The summed E-state index contributed by atoms with van der Waals surface area (Å²) in [5.74, 6) is 0. The van der Waals surface area contributed by atoms with Crippen LogP contribution in [0.3, 0.4) is 0 Å². The third-order valence-electron chi connectivity index (χ3n) is 6.46. The van der Waals surface area contributed by atoms with E-state index in [-0.39, 0.29) is 17.3 Å². The second kappa shape index (κ2) is 7.92. The Morgan fingerprint density at radius 2 is 1.84 bits per heavy atom. The van der Waals surface area contributed by atoms with Gasteiger partial charge in [-0.25, -0.2) is 4.79 Å². The number of ether oxygens (including phenoxy) is 1. The van der Waals surface area contributed by atoms with E-state index in [0.29, 0.717) is 19.6 Å². The first-order chi connectivity index (χ1) is 14.8. The van der Waals surface area contributed by atoms with E-state index in [9.17, 15) is 4.79 Å². The molecule has 1 amide bonds. The van der Waals surface area contributed by atoms with Crippen LogP contribution in [-0.4, -0.2) is 51.2 Å². The van der Waals surface area contributed by atoms with Gasteiger partial charge in [-0.2, -0.15) is 5.10 Å². The van der Waals surface area contributed by atoms with Gasteiger partial charge in [-0.15, -0.1) is 0 Å². The fourth-order valence-corrected chi connectivity index (χ4v) is 3.94. The highest BCUT2D eigenvalue weighted by molar-refractivity contribution is 6.62. The molecule has 0 unspecified atom stereocenters. The van der Waals surface area contributed by atoms with Gasteiger partial charge in [0, 0.05) is 30.9 Å². The molecule has 2 aromatic rings. The molecule has 0 bridgehead atoms. The van der Waals surface area contributed by atoms with Crippen molar-refractivity contribution in [2.75, 3.05) is 6.54 Å². The standard InChI is InChI=1S/C24H34BN3O4/c1-22(2,3)30-21(29)27-11-10-18-12-17(8-9-19(18)15-27)14-28-16-20(13-26-28)25-31-23(4,5)24(6,7)32-25/h8-9,12-13,16H,10-11,14-15H2,1-7H3. The van der Waals surface area contributed by atoms with Crippen LogP contribution < -0.4 is 5.46 Å². The largest absolute Gasteiger partial charge is 0.498 e. The smallest absolute Gasteiger partial charge is 0.444 e. The van der Waals surface area contributed by atoms with Crippen molar-refractivity contribution >= 4 is 18.7 Å². The number of amides is 1. The van der Waals surface area contributed by atoms with Gasteiger partial charge in [-0.3, -0.25) is 4.68 Å². The van der Waals surface area contributed by atoms with E-state index in [0.717, 1.165) is 11.9 Å². The molecule has 172 valence electrons. The lowest BCUT2D eigenvalue weighted by molar-refractivity contribution is 0.00578. The van der Waals surface area contributed by atoms with Crippen molar-refractivity contribution in [3.8, 4) is 0 Å². The summed E-state index contributed by atoms with van der Waals surface area (Å²) in [6, 6.07) is 6.44. The molecule has 32 heavy (non-hydrogen) atoms. The molecule has 0 spiro atoms. The van der Waals surface area contributed by atoms with Crippen molar-refractivity contribution in [2.45, 2.75) is 84.8 Å². The highest BCUT2D eigenvalue weighted by Gasteiger charge is 2.52. The molecular weight excluding hydrogens is 405 g/mol. The van der Waals surface area contributed by atoms with E-state index in [4.69, 9.17) is 14.0 Å². The van der Waals surface area contributed by atoms with E-state index in [1.54, 1.807) is 4.90 Å². The third kappa shape index (κ3) is 4.71. The molecule has 3 heterocycles. The van der Waals surface area contributed by atoms with Crippen LogP contribution in [0.5, 0.6) is 0 Å². The number of benzene rings is 1. The summed E-state index contributed by atoms with van der Waals surface area (Å²) in [4.78, 5) is 14.2. The summed E-state index contributed by atoms with van der Waals surface area (Å²) in [7, 11) is -0.406. The zero-order chi connectivity index (χ0) is 23.3. The molecular formula is C24H34BN3O4. The van der Waals surface area contributed by atoms with Gasteiger partial charge in [0.2, 0.25) is 0 Å². The Balaban J connectivity index is 1.41. The fourth-order valence-electron chi connectivity index (χ4n) is 3.94. The van der Waals surface area contributed by atoms with Gasteiger partial charge in [0.15, 0.2) is 0 Å². The quantitative estimate of drug-likeness (QED) is 0.685. The maximum absolute atomic E-state index is 12.4. The highest BCUT2D eigenvalue weighted by atomic mass is 16.7. The predicted octanol–water partition coefficient (Wildman–Crippen LogP) is 3.52. The Hall–Kier alpha value is -2.32. The monoisotopic (exact) mass is 439 g/mol. The van der Waals surface area contributed by atoms with Gasteiger partial charge in [-0.1, -0.05) is 18.2 Å². The molecule has 1 fully saturated rings. The Morgan fingerprint density at radius 3 is 2.50 bits per heavy atom. The number of rotatable bonds is 3. The number of hydrogen-bond acceptors (Lipinski definition) is 5. The minimum absolute atomic E-state index is 0.251. The molecule has 8 heteroatoms. The third-order valence-corrected chi connectivity index (χ3v) is 6.46. The lowest BCUT2D eigenvalue weighted by Gasteiger charge is -2.32. The van der Waals surface area contributed by atoms with Gasteiger partial charge in [0.1, 0.15) is 5.60 Å². The van der Waals surface area contributed by atoms with Gasteiger partial charge in [-0.05, 0) is 71.6 Å². The molecule has 1 saturated heterocycles. The molecule has 0 atom stereocenters. The number of fused-ring (bicyclic) bond motifs is 1. The van der Waals surface area contributed by atoms with Gasteiger partial charge < -0.3 is 18.9 Å². The molecule has 1 aromatic carbocycles. The van der Waals surface area contributed by atoms with Crippen molar-refractivity contribution < 1.29 is 18.8 Å². The van der Waals surface area contributed by atoms with Crippen LogP contribution in [0, 0.1) is 0 Å². The first-order valence-corrected chi connectivity index (χ1v) is 11.3. The van der Waals surface area contributed by atoms with Crippen molar-refractivity contribution in [3.05, 3.63) is 47.3 Å². The van der Waals surface area contributed by atoms with Crippen molar-refractivity contribution in [1.29, 1.82) is 0 Å². The summed E-state index contributed by atoms with van der Waals surface area (Å²) in [6.45, 7) is 15.8. The number of carbonyl (C=O) groups excluding carboxylic acids is 1. The average Bonchev–Trinajstić information content (AvgIpc) is 3.21. The number of aromatic nitrogens is 2. The van der Waals surface area contributed by atoms with Crippen LogP contribution >= 0.6 is 0 Å². The minimum atomic E-state index is -0.482. The predicted molar refractivity (Wildman–Crippen MR) is 124 cm³/mol. The van der Waals surface area contributed by atoms with Crippen molar-refractivity contribution in [3.63, 3.8) is 0 Å². The number of nitrogens with zero attached hydrogens (tertiary/aromatic N) is 3. The number of hydrogen-bond donors (Lipinski definition) is 0. The van der Waals surface area contributed by atoms with Crippen LogP contribution in [0.2, 0.25) is 0 Å². The van der Waals surface area contributed by atoms with Crippen LogP contribution in [0.1, 0.15) is 65.2 Å². The molecule has 2 aliphatic heterocycles. The topological polar surface area (TPSA) is 65.8 Å². The van der Waals surface area contributed by atoms with E-state index in [1.807, 2.05) is 37.8 Å². The summed E-state index contributed by atoms with van der Waals surface area (Å²) in [5, 5.41) is 4.52. The SMILES string of the molecule is CC(C)(C)OC(=O)N1CCc2cc(Cn3cc(B4OC(C)(C)C(C)(C)O4)cn3)ccc2C1. The van der Waals surface area contributed by atoms with Crippen molar-refractivity contribution in [2.24, 2.45) is 0 Å². The Kier molecular flexibility index (Phi) is 5.66. The highest BCUT2D eigenvalue weighted by Crippen LogP contribution is 2.36. The molecule has 0 radical (unpaired) electrons. The van der Waals surface area contributed by atoms with Crippen LogP contribution in [0.4, 0.5) is 4.79 Å². The molecule has 4 rings (SSSR count). The molecule has 0 aliphatic carbocycles. The lowest BCUT2D eigenvalue weighted by Crippen LogP contribution is -2.41. The maximum Gasteiger partial charge on any atom is 0.498 e. The van der Waals surface area contributed by atoms with E-state index in [1.165, 1.54) is 16.7 Å². The van der Waals surface area contributed by atoms with Crippen LogP contribution in [0.15, 0.2) is 30.6 Å². The zero-order valence-corrected chi connectivity index (χ0v) is 20.3. The van der Waals surface area contributed by atoms with E-state index < -0.39 is 12.7 Å². The van der Waals surface area contributed by atoms with Crippen LogP contribution in [-0.2, 0) is 33.6 Å². The zero-order valence-electron chi connectivity index (χ0n) is 20.3. The first-order valence-electron chi connectivity index (χ1n) is 11.3. The van der Waals surface area contributed by atoms with Crippen LogP contribution in [0.25, 0.3) is 0 Å². The van der Waals surface area contributed by atoms with E-state index >= 15 is 0 Å². The Morgan fingerprint density at radius 1 is 1.16 bits per heavy atom. The lowest BCUT2D eigenvalue weighted by atomic mass is 9.82. The first kappa shape index (κ1) is 22.9. The van der Waals surface area contributed by atoms with Crippen molar-refractivity contribution in [1.82, 2.24) is 14.7 Å². The summed E-state index contributed by atoms with van der Waals surface area (Å²) in [5.41, 5.74) is 3.33. The van der Waals surface area contributed by atoms with Gasteiger partial charge in [0.25, 0.3) is 0 Å². The minimum Gasteiger partial charge on any atom is -0.444 e. The normalized spacial score (nSPS) is 19.7. The molecule has 1 aromatic heterocycles. The number of carbonyl (C=O) groups is 1. The molecule has 7 nitrogen and oxygen atoms in total. The summed E-state index contributed by atoms with van der Waals surface area (Å²) in [6.07, 6.45) is 4.38. The average molecular weight is 439 g/mol. The fraction of sp³-hybridized carbons (Fsp3) is 0.583. The van der Waals surface area contributed by atoms with E-state index in [2.05, 4.69) is 51.0 Å². The van der Waals surface area contributed by atoms with Gasteiger partial charge in [0.05, 0.1) is 17.7 Å². The summed E-state index contributed by atoms with van der Waals surface area (Å²) >= 11 is 0. The Labute approximate surface area is 191 Å². The summed E-state index contributed by atoms with van der Waals surface area (Å²) < 4.78 is 19.7. The molecule has 2 aliphatic rings. The second-order valence-corrected chi connectivity index (χ2v) is 10.8. The second-order valence-electron chi connectivity index (χ2n) is 10.8. The van der Waals surface area contributed by atoms with Gasteiger partial charge >= 0.3 is 13.2 Å². The molecule has 0 N–H and O–H groups in total. The maximum atomic E-state index is 12.4. The Bertz CT molecular complexity index is 993. The molecule has 0 saturated carbocycles.